The Morgan fingerprint density at radius 1 is 1.25 bits per heavy atom. The molecule has 20 heavy (non-hydrogen) atoms. The molecule has 0 unspecified atom stereocenters. The summed E-state index contributed by atoms with van der Waals surface area (Å²) in [5.74, 6) is 0.620. The van der Waals surface area contributed by atoms with Crippen LogP contribution in [0.15, 0.2) is 22.6 Å². The largest absolute Gasteiger partial charge is 0.441 e. The molecule has 0 aliphatic rings. The van der Waals surface area contributed by atoms with Crippen molar-refractivity contribution in [2.24, 2.45) is 0 Å². The number of aromatic nitrogens is 1. The summed E-state index contributed by atoms with van der Waals surface area (Å²) >= 11 is 0. The molecule has 0 fully saturated rings. The van der Waals surface area contributed by atoms with Crippen LogP contribution in [-0.2, 0) is 0 Å². The summed E-state index contributed by atoms with van der Waals surface area (Å²) in [4.78, 5) is 18.4. The highest BCUT2D eigenvalue weighted by Crippen LogP contribution is 2.20. The molecule has 0 bridgehead atoms. The molecular weight excluding hydrogens is 254 g/mol. The first kappa shape index (κ1) is 14.4. The quantitative estimate of drug-likeness (QED) is 0.927. The number of fused-ring (bicyclic) bond motifs is 1. The van der Waals surface area contributed by atoms with Crippen LogP contribution in [0.3, 0.4) is 0 Å². The monoisotopic (exact) mass is 275 g/mol. The Morgan fingerprint density at radius 2 is 1.90 bits per heavy atom. The number of anilines is 1. The minimum atomic E-state index is -0.102. The van der Waals surface area contributed by atoms with Crippen molar-refractivity contribution < 1.29 is 9.21 Å². The van der Waals surface area contributed by atoms with Crippen molar-refractivity contribution in [2.75, 3.05) is 5.32 Å². The Kier molecular flexibility index (Phi) is 3.97. The zero-order valence-electron chi connectivity index (χ0n) is 12.6. The second kappa shape index (κ2) is 5.53. The molecule has 0 saturated heterocycles. The number of hydrogen-bond acceptors (Lipinski definition) is 3. The third-order valence-electron chi connectivity index (χ3n) is 3.09. The van der Waals surface area contributed by atoms with E-state index in [4.69, 9.17) is 4.42 Å². The Bertz CT molecular complexity index is 609. The Morgan fingerprint density at radius 3 is 2.50 bits per heavy atom. The van der Waals surface area contributed by atoms with Crippen molar-refractivity contribution in [2.45, 2.75) is 46.7 Å². The van der Waals surface area contributed by atoms with Gasteiger partial charge in [-0.15, -0.1) is 0 Å². The zero-order chi connectivity index (χ0) is 14.9. The Labute approximate surface area is 119 Å². The summed E-state index contributed by atoms with van der Waals surface area (Å²) in [7, 11) is 0. The second-order valence-corrected chi connectivity index (χ2v) is 5.44. The van der Waals surface area contributed by atoms with Gasteiger partial charge in [-0.1, -0.05) is 0 Å². The number of aryl methyl sites for hydroxylation is 1. The lowest BCUT2D eigenvalue weighted by Gasteiger charge is -2.30. The highest BCUT2D eigenvalue weighted by Gasteiger charge is 2.20. The lowest BCUT2D eigenvalue weighted by atomic mass is 10.2. The number of urea groups is 1. The van der Waals surface area contributed by atoms with E-state index >= 15 is 0 Å². The number of oxazole rings is 1. The van der Waals surface area contributed by atoms with Gasteiger partial charge in [-0.05, 0) is 45.9 Å². The molecule has 0 aliphatic carbocycles. The van der Waals surface area contributed by atoms with E-state index < -0.39 is 0 Å². The van der Waals surface area contributed by atoms with E-state index in [2.05, 4.69) is 10.3 Å². The third-order valence-corrected chi connectivity index (χ3v) is 3.09. The molecular formula is C15H21N3O2. The van der Waals surface area contributed by atoms with Crippen LogP contribution >= 0.6 is 0 Å². The average molecular weight is 275 g/mol. The molecule has 5 heteroatoms. The molecule has 1 heterocycles. The molecule has 108 valence electrons. The van der Waals surface area contributed by atoms with Gasteiger partial charge in [-0.25, -0.2) is 9.78 Å². The molecule has 5 nitrogen and oxygen atoms in total. The molecule has 0 radical (unpaired) electrons. The summed E-state index contributed by atoms with van der Waals surface area (Å²) in [5.41, 5.74) is 2.20. The average Bonchev–Trinajstić information content (AvgIpc) is 2.67. The second-order valence-electron chi connectivity index (χ2n) is 5.44. The number of nitrogens with zero attached hydrogens (tertiary/aromatic N) is 2. The molecule has 2 amide bonds. The fourth-order valence-electron chi connectivity index (χ4n) is 2.37. The third kappa shape index (κ3) is 2.92. The lowest BCUT2D eigenvalue weighted by molar-refractivity contribution is 0.178. The summed E-state index contributed by atoms with van der Waals surface area (Å²) in [5, 5.41) is 2.91. The molecule has 1 aromatic carbocycles. The summed E-state index contributed by atoms with van der Waals surface area (Å²) < 4.78 is 5.42. The van der Waals surface area contributed by atoms with Crippen molar-refractivity contribution in [1.29, 1.82) is 0 Å². The SMILES string of the molecule is Cc1nc2cc(NC(=O)N(C(C)C)C(C)C)ccc2o1. The smallest absolute Gasteiger partial charge is 0.322 e. The molecule has 0 spiro atoms. The van der Waals surface area contributed by atoms with Gasteiger partial charge in [0.25, 0.3) is 0 Å². The minimum Gasteiger partial charge on any atom is -0.441 e. The van der Waals surface area contributed by atoms with Gasteiger partial charge in [0.15, 0.2) is 11.5 Å². The number of benzene rings is 1. The van der Waals surface area contributed by atoms with Crippen molar-refractivity contribution in [3.63, 3.8) is 0 Å². The van der Waals surface area contributed by atoms with Gasteiger partial charge in [0.1, 0.15) is 5.52 Å². The van der Waals surface area contributed by atoms with Crippen molar-refractivity contribution in [1.82, 2.24) is 9.88 Å². The fraction of sp³-hybridized carbons (Fsp3) is 0.467. The van der Waals surface area contributed by atoms with E-state index in [1.165, 1.54) is 0 Å². The van der Waals surface area contributed by atoms with Crippen LogP contribution < -0.4 is 5.32 Å². The number of nitrogens with one attached hydrogen (secondary N) is 1. The number of hydrogen-bond donors (Lipinski definition) is 1. The predicted molar refractivity (Wildman–Crippen MR) is 79.9 cm³/mol. The first-order valence-electron chi connectivity index (χ1n) is 6.85. The highest BCUT2D eigenvalue weighted by molar-refractivity contribution is 5.92. The first-order valence-corrected chi connectivity index (χ1v) is 6.85. The van der Waals surface area contributed by atoms with Crippen LogP contribution in [0.5, 0.6) is 0 Å². The van der Waals surface area contributed by atoms with E-state index in [-0.39, 0.29) is 18.1 Å². The van der Waals surface area contributed by atoms with Crippen LogP contribution in [0.1, 0.15) is 33.6 Å². The molecule has 0 saturated carbocycles. The zero-order valence-corrected chi connectivity index (χ0v) is 12.6. The van der Waals surface area contributed by atoms with Gasteiger partial charge in [0, 0.05) is 24.7 Å². The van der Waals surface area contributed by atoms with Crippen LogP contribution in [0, 0.1) is 6.92 Å². The highest BCUT2D eigenvalue weighted by atomic mass is 16.3. The van der Waals surface area contributed by atoms with E-state index in [1.54, 1.807) is 11.8 Å². The van der Waals surface area contributed by atoms with Gasteiger partial charge < -0.3 is 14.6 Å². The molecule has 2 aromatic rings. The van der Waals surface area contributed by atoms with Crippen LogP contribution in [0.4, 0.5) is 10.5 Å². The van der Waals surface area contributed by atoms with E-state index in [0.29, 0.717) is 5.89 Å². The number of amides is 2. The molecule has 1 N–H and O–H groups in total. The van der Waals surface area contributed by atoms with Gasteiger partial charge in [-0.3, -0.25) is 0 Å². The van der Waals surface area contributed by atoms with Crippen LogP contribution in [-0.4, -0.2) is 28.0 Å². The summed E-state index contributed by atoms with van der Waals surface area (Å²) in [6.45, 7) is 9.82. The number of carbonyl (C=O) groups excluding carboxylic acids is 1. The molecule has 1 aromatic heterocycles. The maximum absolute atomic E-state index is 12.3. The maximum Gasteiger partial charge on any atom is 0.322 e. The minimum absolute atomic E-state index is 0.102. The molecule has 0 atom stereocenters. The van der Waals surface area contributed by atoms with E-state index in [9.17, 15) is 4.79 Å². The normalized spacial score (nSPS) is 11.3. The summed E-state index contributed by atoms with van der Waals surface area (Å²) in [6.07, 6.45) is 0. The molecule has 0 aliphatic heterocycles. The topological polar surface area (TPSA) is 58.4 Å². The number of rotatable bonds is 3. The summed E-state index contributed by atoms with van der Waals surface area (Å²) in [6, 6.07) is 5.65. The van der Waals surface area contributed by atoms with Gasteiger partial charge in [0.2, 0.25) is 0 Å². The van der Waals surface area contributed by atoms with Gasteiger partial charge in [-0.2, -0.15) is 0 Å². The predicted octanol–water partition coefficient (Wildman–Crippen LogP) is 3.79. The molecule has 2 rings (SSSR count). The van der Waals surface area contributed by atoms with Crippen LogP contribution in [0.2, 0.25) is 0 Å². The van der Waals surface area contributed by atoms with Gasteiger partial charge in [0.05, 0.1) is 0 Å². The number of carbonyl (C=O) groups is 1. The lowest BCUT2D eigenvalue weighted by Crippen LogP contribution is -2.44. The van der Waals surface area contributed by atoms with E-state index in [1.807, 2.05) is 45.9 Å². The maximum atomic E-state index is 12.3. The van der Waals surface area contributed by atoms with E-state index in [0.717, 1.165) is 16.8 Å². The standard InChI is InChI=1S/C15H21N3O2/c1-9(2)18(10(3)4)15(19)17-12-6-7-14-13(8-12)16-11(5)20-14/h6-10H,1-5H3,(H,17,19). The Hall–Kier alpha value is -2.04. The first-order chi connectivity index (χ1) is 9.38. The van der Waals surface area contributed by atoms with Crippen molar-refractivity contribution in [3.8, 4) is 0 Å². The van der Waals surface area contributed by atoms with Gasteiger partial charge >= 0.3 is 6.03 Å². The van der Waals surface area contributed by atoms with Crippen LogP contribution in [0.25, 0.3) is 11.1 Å². The van der Waals surface area contributed by atoms with Crippen molar-refractivity contribution >= 4 is 22.8 Å². The fourth-order valence-corrected chi connectivity index (χ4v) is 2.37. The Balaban J connectivity index is 2.20. The van der Waals surface area contributed by atoms with Crippen molar-refractivity contribution in [3.05, 3.63) is 24.1 Å².